The number of hydrogen-bond acceptors (Lipinski definition) is 5. The highest BCUT2D eigenvalue weighted by Crippen LogP contribution is 2.28. The molecule has 0 spiro atoms. The topological polar surface area (TPSA) is 97.9 Å². The Morgan fingerprint density at radius 3 is 2.76 bits per heavy atom. The summed E-state index contributed by atoms with van der Waals surface area (Å²) >= 11 is 0. The first-order valence-corrected chi connectivity index (χ1v) is 10.6. The lowest BCUT2D eigenvalue weighted by Crippen LogP contribution is -2.47. The van der Waals surface area contributed by atoms with Gasteiger partial charge in [0.05, 0.1) is 6.54 Å². The first kappa shape index (κ1) is 19.6. The van der Waals surface area contributed by atoms with Gasteiger partial charge in [-0.25, -0.2) is 9.78 Å². The minimum Gasteiger partial charge on any atom is -0.332 e. The molecule has 1 N–H and O–H groups in total. The van der Waals surface area contributed by atoms with Gasteiger partial charge in [-0.2, -0.15) is 0 Å². The van der Waals surface area contributed by atoms with Crippen molar-refractivity contribution in [2.24, 2.45) is 13.0 Å². The predicted molar refractivity (Wildman–Crippen MR) is 106 cm³/mol. The number of ketones is 1. The zero-order valence-corrected chi connectivity index (χ0v) is 17.0. The van der Waals surface area contributed by atoms with E-state index in [1.54, 1.807) is 28.2 Å². The van der Waals surface area contributed by atoms with Crippen molar-refractivity contribution in [1.82, 2.24) is 34.5 Å². The Morgan fingerprint density at radius 2 is 2.00 bits per heavy atom. The second-order valence-electron chi connectivity index (χ2n) is 8.12. The third kappa shape index (κ3) is 4.33. The van der Waals surface area contributed by atoms with Crippen molar-refractivity contribution in [2.45, 2.75) is 57.5 Å². The van der Waals surface area contributed by atoms with Crippen molar-refractivity contribution >= 4 is 11.8 Å². The van der Waals surface area contributed by atoms with Gasteiger partial charge in [0.2, 0.25) is 5.78 Å². The highest BCUT2D eigenvalue weighted by molar-refractivity contribution is 5.95. The Balaban J connectivity index is 1.34. The molecule has 1 saturated carbocycles. The number of amides is 2. The molecule has 9 nitrogen and oxygen atoms in total. The first-order valence-electron chi connectivity index (χ1n) is 10.6. The quantitative estimate of drug-likeness (QED) is 0.778. The highest BCUT2D eigenvalue weighted by Gasteiger charge is 2.31. The van der Waals surface area contributed by atoms with Crippen molar-refractivity contribution in [2.75, 3.05) is 13.1 Å². The molecule has 1 unspecified atom stereocenters. The average molecular weight is 399 g/mol. The number of rotatable bonds is 5. The summed E-state index contributed by atoms with van der Waals surface area (Å²) in [6.07, 6.45) is 12.8. The van der Waals surface area contributed by atoms with Crippen molar-refractivity contribution in [3.63, 3.8) is 0 Å². The van der Waals surface area contributed by atoms with Crippen LogP contribution in [0.25, 0.3) is 0 Å². The minimum atomic E-state index is -0.207. The molecular weight excluding hydrogens is 370 g/mol. The number of carbonyl (C=O) groups excluding carboxylic acids is 2. The Hall–Kier alpha value is -2.71. The molecule has 1 aliphatic heterocycles. The number of piperidine rings is 1. The number of imidazole rings is 1. The molecule has 2 fully saturated rings. The zero-order valence-electron chi connectivity index (χ0n) is 17.0. The average Bonchev–Trinajstić information content (AvgIpc) is 3.41. The smallest absolute Gasteiger partial charge is 0.317 e. The van der Waals surface area contributed by atoms with Crippen LogP contribution in [0, 0.1) is 5.92 Å². The van der Waals surface area contributed by atoms with Gasteiger partial charge in [-0.3, -0.25) is 4.79 Å². The van der Waals surface area contributed by atoms with E-state index in [0.717, 1.165) is 31.5 Å². The summed E-state index contributed by atoms with van der Waals surface area (Å²) in [5.41, 5.74) is 0. The Morgan fingerprint density at radius 1 is 1.17 bits per heavy atom. The van der Waals surface area contributed by atoms with Crippen LogP contribution < -0.4 is 5.32 Å². The number of likely N-dealkylation sites (tertiary alicyclic amines) is 1. The number of carbonyl (C=O) groups is 2. The maximum absolute atomic E-state index is 12.8. The second kappa shape index (κ2) is 8.75. The molecule has 1 saturated heterocycles. The van der Waals surface area contributed by atoms with E-state index in [0.29, 0.717) is 31.5 Å². The summed E-state index contributed by atoms with van der Waals surface area (Å²) in [6.45, 7) is 1.43. The number of aryl methyl sites for hydroxylation is 1. The molecule has 29 heavy (non-hydrogen) atoms. The first-order chi connectivity index (χ1) is 14.1. The monoisotopic (exact) mass is 399 g/mol. The highest BCUT2D eigenvalue weighted by atomic mass is 16.2. The molecule has 2 aliphatic rings. The molecule has 2 aromatic rings. The van der Waals surface area contributed by atoms with E-state index in [1.807, 2.05) is 7.05 Å². The maximum Gasteiger partial charge on any atom is 0.317 e. The molecule has 1 atom stereocenters. The molecule has 3 heterocycles. The Labute approximate surface area is 170 Å². The Kier molecular flexibility index (Phi) is 5.92. The van der Waals surface area contributed by atoms with Gasteiger partial charge in [-0.05, 0) is 25.7 Å². The van der Waals surface area contributed by atoms with E-state index in [2.05, 4.69) is 25.1 Å². The van der Waals surface area contributed by atoms with E-state index >= 15 is 0 Å². The molecule has 4 rings (SSSR count). The predicted octanol–water partition coefficient (Wildman–Crippen LogP) is 2.32. The summed E-state index contributed by atoms with van der Waals surface area (Å²) < 4.78 is 3.85. The number of Topliss-reactive ketones (excluding diaryl/α,β-unsaturated/α-hetero) is 1. The fourth-order valence-corrected chi connectivity index (χ4v) is 4.48. The van der Waals surface area contributed by atoms with Gasteiger partial charge in [-0.1, -0.05) is 19.3 Å². The third-order valence-corrected chi connectivity index (χ3v) is 6.13. The molecule has 2 aromatic heterocycles. The van der Waals surface area contributed by atoms with Crippen LogP contribution in [0.2, 0.25) is 0 Å². The molecule has 2 amide bonds. The molecule has 9 heteroatoms. The van der Waals surface area contributed by atoms with Crippen LogP contribution in [0.3, 0.4) is 0 Å². The van der Waals surface area contributed by atoms with E-state index in [1.165, 1.54) is 19.3 Å². The molecule has 0 bridgehead atoms. The van der Waals surface area contributed by atoms with Crippen molar-refractivity contribution < 1.29 is 9.59 Å². The largest absolute Gasteiger partial charge is 0.332 e. The lowest BCUT2D eigenvalue weighted by atomic mass is 9.93. The van der Waals surface area contributed by atoms with Gasteiger partial charge in [0, 0.05) is 44.5 Å². The summed E-state index contributed by atoms with van der Waals surface area (Å²) in [6, 6.07) is 0.279. The van der Waals surface area contributed by atoms with Crippen molar-refractivity contribution in [3.05, 3.63) is 30.4 Å². The van der Waals surface area contributed by atoms with Crippen molar-refractivity contribution in [3.8, 4) is 0 Å². The summed E-state index contributed by atoms with van der Waals surface area (Å²) in [4.78, 5) is 31.4. The van der Waals surface area contributed by atoms with Gasteiger partial charge >= 0.3 is 6.03 Å². The summed E-state index contributed by atoms with van der Waals surface area (Å²) in [5.74, 6) is 1.05. The SMILES string of the molecule is Cn1ccnc1C(=O)C1CCCN(C(=O)NCc2nncn2C2CCCCC2)C1. The molecule has 1 aliphatic carbocycles. The van der Waals surface area contributed by atoms with Gasteiger partial charge in [0.15, 0.2) is 11.6 Å². The normalized spacial score (nSPS) is 20.6. The van der Waals surface area contributed by atoms with Crippen LogP contribution >= 0.6 is 0 Å². The lowest BCUT2D eigenvalue weighted by Gasteiger charge is -2.32. The number of urea groups is 1. The van der Waals surface area contributed by atoms with Gasteiger partial charge in [0.25, 0.3) is 0 Å². The van der Waals surface area contributed by atoms with E-state index in [9.17, 15) is 9.59 Å². The maximum atomic E-state index is 12.8. The molecule has 156 valence electrons. The van der Waals surface area contributed by atoms with E-state index < -0.39 is 0 Å². The lowest BCUT2D eigenvalue weighted by molar-refractivity contribution is 0.0831. The number of nitrogens with zero attached hydrogens (tertiary/aromatic N) is 6. The zero-order chi connectivity index (χ0) is 20.2. The molecule has 0 radical (unpaired) electrons. The van der Waals surface area contributed by atoms with Gasteiger partial charge in [-0.15, -0.1) is 10.2 Å². The molecule has 0 aromatic carbocycles. The van der Waals surface area contributed by atoms with Crippen LogP contribution in [0.5, 0.6) is 0 Å². The van der Waals surface area contributed by atoms with Crippen LogP contribution in [0.15, 0.2) is 18.7 Å². The Bertz CT molecular complexity index is 853. The van der Waals surface area contributed by atoms with Crippen LogP contribution in [0.1, 0.15) is 67.4 Å². The number of nitrogens with one attached hydrogen (secondary N) is 1. The fourth-order valence-electron chi connectivity index (χ4n) is 4.48. The summed E-state index contributed by atoms with van der Waals surface area (Å²) in [7, 11) is 1.82. The fraction of sp³-hybridized carbons (Fsp3) is 0.650. The minimum absolute atomic E-state index is 0.00652. The number of hydrogen-bond donors (Lipinski definition) is 1. The molecular formula is C20H29N7O2. The van der Waals surface area contributed by atoms with E-state index in [4.69, 9.17) is 0 Å². The van der Waals surface area contributed by atoms with Crippen LogP contribution in [-0.4, -0.2) is 54.1 Å². The second-order valence-corrected chi connectivity index (χ2v) is 8.12. The number of aromatic nitrogens is 5. The van der Waals surface area contributed by atoms with Crippen molar-refractivity contribution in [1.29, 1.82) is 0 Å². The van der Waals surface area contributed by atoms with Gasteiger partial charge < -0.3 is 19.4 Å². The standard InChI is InChI=1S/C20H29N7O2/c1-25-11-9-21-19(25)18(28)15-6-5-10-26(13-15)20(29)22-12-17-24-23-14-27(17)16-7-3-2-4-8-16/h9,11,14-16H,2-8,10,12-13H2,1H3,(H,22,29). The van der Waals surface area contributed by atoms with Crippen LogP contribution in [0.4, 0.5) is 4.79 Å². The van der Waals surface area contributed by atoms with Gasteiger partial charge in [0.1, 0.15) is 6.33 Å². The summed E-state index contributed by atoms with van der Waals surface area (Å²) in [5, 5.41) is 11.2. The van der Waals surface area contributed by atoms with Crippen LogP contribution in [-0.2, 0) is 13.6 Å². The van der Waals surface area contributed by atoms with E-state index in [-0.39, 0.29) is 17.7 Å². The third-order valence-electron chi connectivity index (χ3n) is 6.13.